The van der Waals surface area contributed by atoms with Crippen LogP contribution in [0.5, 0.6) is 0 Å². The van der Waals surface area contributed by atoms with Gasteiger partial charge in [-0.15, -0.1) is 11.3 Å². The average molecular weight is 228 g/mol. The van der Waals surface area contributed by atoms with Gasteiger partial charge in [-0.3, -0.25) is 0 Å². The number of anilines is 1. The highest BCUT2D eigenvalue weighted by molar-refractivity contribution is 7.15. The predicted octanol–water partition coefficient (Wildman–Crippen LogP) is 2.77. The van der Waals surface area contributed by atoms with E-state index >= 15 is 0 Å². The first-order chi connectivity index (χ1) is 6.86. The van der Waals surface area contributed by atoms with Gasteiger partial charge in [0, 0.05) is 18.4 Å². The van der Waals surface area contributed by atoms with Crippen molar-refractivity contribution in [2.75, 3.05) is 19.5 Å². The van der Waals surface area contributed by atoms with Crippen molar-refractivity contribution in [1.29, 1.82) is 0 Å². The lowest BCUT2D eigenvalue weighted by Gasteiger charge is -2.14. The van der Waals surface area contributed by atoms with Crippen molar-refractivity contribution in [3.63, 3.8) is 0 Å². The van der Waals surface area contributed by atoms with E-state index in [2.05, 4.69) is 32.7 Å². The summed E-state index contributed by atoms with van der Waals surface area (Å²) >= 11 is 1.59. The number of nitrogens with two attached hydrogens (primary N) is 1. The number of hydrogen-bond donors (Lipinski definition) is 1. The molecule has 0 saturated heterocycles. The van der Waals surface area contributed by atoms with Gasteiger partial charge in [-0.05, 0) is 0 Å². The minimum absolute atomic E-state index is 0.0732. The van der Waals surface area contributed by atoms with E-state index in [9.17, 15) is 0 Å². The summed E-state index contributed by atoms with van der Waals surface area (Å²) in [5.41, 5.74) is 7.02. The molecule has 15 heavy (non-hydrogen) atoms. The number of nitrogen functional groups attached to an aromatic ring is 1. The molecule has 0 aromatic carbocycles. The SMILES string of the molecule is COCC(C)c1nc(C(C)(C)C)sc1N. The van der Waals surface area contributed by atoms with Crippen molar-refractivity contribution >= 4 is 16.3 Å². The lowest BCUT2D eigenvalue weighted by Crippen LogP contribution is -2.11. The molecule has 0 bridgehead atoms. The van der Waals surface area contributed by atoms with Crippen LogP contribution in [-0.2, 0) is 10.2 Å². The lowest BCUT2D eigenvalue weighted by molar-refractivity contribution is 0.183. The Morgan fingerprint density at radius 3 is 2.47 bits per heavy atom. The van der Waals surface area contributed by atoms with E-state index in [1.54, 1.807) is 18.4 Å². The highest BCUT2D eigenvalue weighted by Crippen LogP contribution is 2.34. The number of ether oxygens (including phenoxy) is 1. The van der Waals surface area contributed by atoms with Crippen LogP contribution >= 0.6 is 11.3 Å². The van der Waals surface area contributed by atoms with Crippen LogP contribution in [0.3, 0.4) is 0 Å². The largest absolute Gasteiger partial charge is 0.389 e. The number of nitrogens with zero attached hydrogens (tertiary/aromatic N) is 1. The molecule has 1 unspecified atom stereocenters. The van der Waals surface area contributed by atoms with Gasteiger partial charge in [-0.1, -0.05) is 27.7 Å². The molecule has 0 aliphatic carbocycles. The van der Waals surface area contributed by atoms with Gasteiger partial charge in [-0.25, -0.2) is 4.98 Å². The molecule has 1 atom stereocenters. The second kappa shape index (κ2) is 4.49. The molecule has 0 aliphatic heterocycles. The van der Waals surface area contributed by atoms with Crippen LogP contribution in [0.4, 0.5) is 5.00 Å². The third-order valence-corrected chi connectivity index (χ3v) is 3.53. The second-order valence-corrected chi connectivity index (χ2v) is 5.91. The molecule has 86 valence electrons. The Morgan fingerprint density at radius 2 is 2.07 bits per heavy atom. The standard InChI is InChI=1S/C11H20N2OS/c1-7(6-14-5)8-9(12)15-10(13-8)11(2,3)4/h7H,6,12H2,1-5H3. The summed E-state index contributed by atoms with van der Waals surface area (Å²) < 4.78 is 5.12. The van der Waals surface area contributed by atoms with E-state index in [4.69, 9.17) is 10.5 Å². The van der Waals surface area contributed by atoms with Crippen molar-refractivity contribution in [1.82, 2.24) is 4.98 Å². The third-order valence-electron chi connectivity index (χ3n) is 2.21. The van der Waals surface area contributed by atoms with Gasteiger partial charge in [0.05, 0.1) is 12.3 Å². The molecule has 2 N–H and O–H groups in total. The van der Waals surface area contributed by atoms with Crippen LogP contribution in [0.25, 0.3) is 0 Å². The Bertz CT molecular complexity index is 328. The zero-order valence-electron chi connectivity index (χ0n) is 10.1. The monoisotopic (exact) mass is 228 g/mol. The summed E-state index contributed by atoms with van der Waals surface area (Å²) in [5.74, 6) is 0.266. The van der Waals surface area contributed by atoms with E-state index in [-0.39, 0.29) is 11.3 Å². The fourth-order valence-corrected chi connectivity index (χ4v) is 2.36. The number of thiazole rings is 1. The van der Waals surface area contributed by atoms with Crippen molar-refractivity contribution in [2.45, 2.75) is 39.0 Å². The Balaban J connectivity index is 2.96. The molecule has 0 radical (unpaired) electrons. The maximum Gasteiger partial charge on any atom is 0.110 e. The summed E-state index contributed by atoms with van der Waals surface area (Å²) in [6.45, 7) is 9.20. The van der Waals surface area contributed by atoms with Crippen molar-refractivity contribution in [3.8, 4) is 0 Å². The van der Waals surface area contributed by atoms with E-state index in [1.165, 1.54) is 0 Å². The Hall–Kier alpha value is -0.610. The molecule has 0 aliphatic rings. The quantitative estimate of drug-likeness (QED) is 0.865. The number of methoxy groups -OCH3 is 1. The Morgan fingerprint density at radius 1 is 1.47 bits per heavy atom. The zero-order chi connectivity index (χ0) is 11.6. The first-order valence-electron chi connectivity index (χ1n) is 5.12. The fourth-order valence-electron chi connectivity index (χ4n) is 1.35. The van der Waals surface area contributed by atoms with Crippen LogP contribution in [0.15, 0.2) is 0 Å². The molecular formula is C11H20N2OS. The molecule has 0 spiro atoms. The minimum atomic E-state index is 0.0732. The van der Waals surface area contributed by atoms with Crippen LogP contribution in [0.2, 0.25) is 0 Å². The molecule has 0 amide bonds. The maximum absolute atomic E-state index is 5.97. The lowest BCUT2D eigenvalue weighted by atomic mass is 9.98. The molecule has 3 nitrogen and oxygen atoms in total. The average Bonchev–Trinajstić information content (AvgIpc) is 2.47. The molecule has 1 aromatic rings. The van der Waals surface area contributed by atoms with E-state index in [1.807, 2.05) is 0 Å². The van der Waals surface area contributed by atoms with Gasteiger partial charge in [0.15, 0.2) is 0 Å². The second-order valence-electron chi connectivity index (χ2n) is 4.87. The van der Waals surface area contributed by atoms with Gasteiger partial charge in [-0.2, -0.15) is 0 Å². The summed E-state index contributed by atoms with van der Waals surface area (Å²) in [7, 11) is 1.70. The van der Waals surface area contributed by atoms with E-state index < -0.39 is 0 Å². The molecule has 1 rings (SSSR count). The molecule has 0 saturated carbocycles. The van der Waals surface area contributed by atoms with Crippen LogP contribution in [0.1, 0.15) is 44.3 Å². The summed E-state index contributed by atoms with van der Waals surface area (Å²) in [6.07, 6.45) is 0. The van der Waals surface area contributed by atoms with E-state index in [0.29, 0.717) is 6.61 Å². The number of rotatable bonds is 3. The van der Waals surface area contributed by atoms with Crippen LogP contribution < -0.4 is 5.73 Å². The van der Waals surface area contributed by atoms with Crippen LogP contribution in [0, 0.1) is 0 Å². The smallest absolute Gasteiger partial charge is 0.110 e. The fraction of sp³-hybridized carbons (Fsp3) is 0.727. The first kappa shape index (κ1) is 12.5. The maximum atomic E-state index is 5.97. The van der Waals surface area contributed by atoms with E-state index in [0.717, 1.165) is 15.7 Å². The number of hydrogen-bond acceptors (Lipinski definition) is 4. The van der Waals surface area contributed by atoms with Crippen molar-refractivity contribution in [2.24, 2.45) is 0 Å². The first-order valence-corrected chi connectivity index (χ1v) is 5.93. The number of aromatic nitrogens is 1. The topological polar surface area (TPSA) is 48.1 Å². The molecule has 1 aromatic heterocycles. The molecule has 0 fully saturated rings. The zero-order valence-corrected chi connectivity index (χ0v) is 10.9. The van der Waals surface area contributed by atoms with Gasteiger partial charge in [0.2, 0.25) is 0 Å². The predicted molar refractivity (Wildman–Crippen MR) is 65.5 cm³/mol. The summed E-state index contributed by atoms with van der Waals surface area (Å²) in [4.78, 5) is 4.61. The van der Waals surface area contributed by atoms with Gasteiger partial charge in [0.1, 0.15) is 10.0 Å². The third kappa shape index (κ3) is 2.92. The summed E-state index contributed by atoms with van der Waals surface area (Å²) in [5, 5.41) is 1.92. The normalized spacial score (nSPS) is 14.2. The Kier molecular flexibility index (Phi) is 3.73. The highest BCUT2D eigenvalue weighted by Gasteiger charge is 2.22. The van der Waals surface area contributed by atoms with Gasteiger partial charge < -0.3 is 10.5 Å². The van der Waals surface area contributed by atoms with Crippen LogP contribution in [-0.4, -0.2) is 18.7 Å². The minimum Gasteiger partial charge on any atom is -0.389 e. The Labute approximate surface area is 95.7 Å². The van der Waals surface area contributed by atoms with Crippen molar-refractivity contribution < 1.29 is 4.74 Å². The molecule has 4 heteroatoms. The van der Waals surface area contributed by atoms with Gasteiger partial charge in [0.25, 0.3) is 0 Å². The molecule has 1 heterocycles. The summed E-state index contributed by atoms with van der Waals surface area (Å²) in [6, 6.07) is 0. The van der Waals surface area contributed by atoms with Crippen molar-refractivity contribution in [3.05, 3.63) is 10.7 Å². The highest BCUT2D eigenvalue weighted by atomic mass is 32.1. The van der Waals surface area contributed by atoms with Gasteiger partial charge >= 0.3 is 0 Å². The molecular weight excluding hydrogens is 208 g/mol.